The number of rotatable bonds is 7. The van der Waals surface area contributed by atoms with Crippen LogP contribution >= 0.6 is 0 Å². The summed E-state index contributed by atoms with van der Waals surface area (Å²) in [5, 5.41) is 0. The topological polar surface area (TPSA) is 72.9 Å². The molecule has 2 unspecified atom stereocenters. The Bertz CT molecular complexity index is 716. The summed E-state index contributed by atoms with van der Waals surface area (Å²) in [6.07, 6.45) is 1.10. The van der Waals surface area contributed by atoms with Crippen molar-refractivity contribution in [2.24, 2.45) is 5.92 Å². The first-order valence-corrected chi connectivity index (χ1v) is 10.3. The van der Waals surface area contributed by atoms with Gasteiger partial charge in [0.1, 0.15) is 0 Å². The molecule has 1 fully saturated rings. The van der Waals surface area contributed by atoms with Crippen molar-refractivity contribution in [3.63, 3.8) is 0 Å². The van der Waals surface area contributed by atoms with Gasteiger partial charge in [0.25, 0.3) is 0 Å². The number of hydrogen-bond donors (Lipinski definition) is 0. The molecule has 0 aliphatic carbocycles. The Morgan fingerprint density at radius 1 is 1.28 bits per heavy atom. The Kier molecular flexibility index (Phi) is 6.32. The second kappa shape index (κ2) is 8.08. The summed E-state index contributed by atoms with van der Waals surface area (Å²) in [4.78, 5) is 14.5. The third-order valence-corrected chi connectivity index (χ3v) is 6.43. The normalized spacial score (nSPS) is 20.1. The summed E-state index contributed by atoms with van der Waals surface area (Å²) in [5.41, 5.74) is 0.980. The zero-order valence-electron chi connectivity index (χ0n) is 15.3. The van der Waals surface area contributed by atoms with E-state index in [1.165, 1.54) is 0 Å². The summed E-state index contributed by atoms with van der Waals surface area (Å²) in [6.45, 7) is 4.30. The quantitative estimate of drug-likeness (QED) is 0.734. The largest absolute Gasteiger partial charge is 0.493 e. The predicted molar refractivity (Wildman–Crippen MR) is 96.9 cm³/mol. The summed E-state index contributed by atoms with van der Waals surface area (Å²) >= 11 is 0. The summed E-state index contributed by atoms with van der Waals surface area (Å²) in [6, 6.07) is 5.42. The summed E-state index contributed by atoms with van der Waals surface area (Å²) < 4.78 is 34.0. The number of carbonyl (C=O) groups excluding carboxylic acids is 1. The molecule has 1 aromatic carbocycles. The van der Waals surface area contributed by atoms with Crippen molar-refractivity contribution < 1.29 is 22.7 Å². The van der Waals surface area contributed by atoms with Gasteiger partial charge in [0.05, 0.1) is 25.7 Å². The molecule has 140 valence electrons. The number of sulfone groups is 1. The number of benzene rings is 1. The van der Waals surface area contributed by atoms with Crippen LogP contribution in [0, 0.1) is 5.92 Å². The van der Waals surface area contributed by atoms with E-state index in [0.29, 0.717) is 30.9 Å². The highest BCUT2D eigenvalue weighted by Crippen LogP contribution is 2.29. The van der Waals surface area contributed by atoms with Crippen molar-refractivity contribution in [2.75, 3.05) is 32.3 Å². The molecule has 6 nitrogen and oxygen atoms in total. The van der Waals surface area contributed by atoms with Gasteiger partial charge in [-0.2, -0.15) is 0 Å². The highest BCUT2D eigenvalue weighted by molar-refractivity contribution is 7.91. The molecule has 0 spiro atoms. The van der Waals surface area contributed by atoms with E-state index < -0.39 is 9.84 Å². The predicted octanol–water partition coefficient (Wildman–Crippen LogP) is 1.92. The third kappa shape index (κ3) is 4.66. The molecule has 1 aliphatic rings. The first kappa shape index (κ1) is 19.6. The SMILES string of the molecule is CCN(C(=O)C(C)Cc1ccc(OC)c(OC)c1)C1CCS(=O)(=O)C1. The van der Waals surface area contributed by atoms with Crippen LogP contribution in [0.2, 0.25) is 0 Å². The lowest BCUT2D eigenvalue weighted by molar-refractivity contribution is -0.136. The van der Waals surface area contributed by atoms with Gasteiger partial charge in [0.15, 0.2) is 21.3 Å². The van der Waals surface area contributed by atoms with Crippen LogP contribution in [0.15, 0.2) is 18.2 Å². The summed E-state index contributed by atoms with van der Waals surface area (Å²) in [5.74, 6) is 1.30. The number of methoxy groups -OCH3 is 2. The lowest BCUT2D eigenvalue weighted by Crippen LogP contribution is -2.44. The van der Waals surface area contributed by atoms with Crippen LogP contribution in [0.1, 0.15) is 25.8 Å². The molecule has 0 radical (unpaired) electrons. The standard InChI is InChI=1S/C18H27NO5S/c1-5-19(15-8-9-25(21,22)12-15)18(20)13(2)10-14-6-7-16(23-3)17(11-14)24-4/h6-7,11,13,15H,5,8-10,12H2,1-4H3. The fourth-order valence-electron chi connectivity index (χ4n) is 3.35. The van der Waals surface area contributed by atoms with Crippen molar-refractivity contribution in [1.29, 1.82) is 0 Å². The van der Waals surface area contributed by atoms with Crippen LogP contribution in [0.25, 0.3) is 0 Å². The van der Waals surface area contributed by atoms with Crippen LogP contribution in [0.3, 0.4) is 0 Å². The number of carbonyl (C=O) groups is 1. The smallest absolute Gasteiger partial charge is 0.226 e. The minimum absolute atomic E-state index is 0.000570. The lowest BCUT2D eigenvalue weighted by Gasteiger charge is -2.29. The molecule has 2 atom stereocenters. The Hall–Kier alpha value is -1.76. The van der Waals surface area contributed by atoms with Crippen molar-refractivity contribution in [1.82, 2.24) is 4.90 Å². The highest BCUT2D eigenvalue weighted by atomic mass is 32.2. The molecular weight excluding hydrogens is 342 g/mol. The van der Waals surface area contributed by atoms with E-state index in [1.807, 2.05) is 32.0 Å². The molecule has 0 bridgehead atoms. The zero-order chi connectivity index (χ0) is 18.6. The van der Waals surface area contributed by atoms with E-state index in [0.717, 1.165) is 5.56 Å². The number of amides is 1. The lowest BCUT2D eigenvalue weighted by atomic mass is 9.98. The van der Waals surface area contributed by atoms with Crippen molar-refractivity contribution in [2.45, 2.75) is 32.7 Å². The maximum absolute atomic E-state index is 12.8. The van der Waals surface area contributed by atoms with Gasteiger partial charge in [-0.25, -0.2) is 8.42 Å². The van der Waals surface area contributed by atoms with E-state index in [4.69, 9.17) is 9.47 Å². The van der Waals surface area contributed by atoms with Crippen molar-refractivity contribution >= 4 is 15.7 Å². The second-order valence-corrected chi connectivity index (χ2v) is 8.70. The molecule has 1 aliphatic heterocycles. The molecule has 0 N–H and O–H groups in total. The Balaban J connectivity index is 2.08. The average Bonchev–Trinajstić information content (AvgIpc) is 2.94. The number of nitrogens with zero attached hydrogens (tertiary/aromatic N) is 1. The minimum atomic E-state index is -3.01. The summed E-state index contributed by atoms with van der Waals surface area (Å²) in [7, 11) is 0.151. The molecule has 1 saturated heterocycles. The monoisotopic (exact) mass is 369 g/mol. The van der Waals surface area contributed by atoms with Crippen LogP contribution in [-0.4, -0.2) is 57.5 Å². The van der Waals surface area contributed by atoms with Crippen LogP contribution < -0.4 is 9.47 Å². The minimum Gasteiger partial charge on any atom is -0.493 e. The maximum Gasteiger partial charge on any atom is 0.226 e. The van der Waals surface area contributed by atoms with Gasteiger partial charge in [-0.15, -0.1) is 0 Å². The first-order valence-electron chi connectivity index (χ1n) is 8.53. The molecule has 7 heteroatoms. The van der Waals surface area contributed by atoms with Gasteiger partial charge < -0.3 is 14.4 Å². The van der Waals surface area contributed by atoms with Gasteiger partial charge in [0.2, 0.25) is 5.91 Å². The van der Waals surface area contributed by atoms with E-state index in [9.17, 15) is 13.2 Å². The van der Waals surface area contributed by atoms with Gasteiger partial charge in [-0.05, 0) is 37.5 Å². The van der Waals surface area contributed by atoms with E-state index in [1.54, 1.807) is 19.1 Å². The fraction of sp³-hybridized carbons (Fsp3) is 0.611. The molecular formula is C18H27NO5S. The van der Waals surface area contributed by atoms with E-state index in [-0.39, 0.29) is 29.4 Å². The first-order chi connectivity index (χ1) is 11.8. The Morgan fingerprint density at radius 3 is 2.48 bits per heavy atom. The van der Waals surface area contributed by atoms with Gasteiger partial charge in [0, 0.05) is 18.5 Å². The van der Waals surface area contributed by atoms with Crippen LogP contribution in [0.4, 0.5) is 0 Å². The molecule has 0 aromatic heterocycles. The molecule has 1 amide bonds. The number of hydrogen-bond acceptors (Lipinski definition) is 5. The molecule has 2 rings (SSSR count). The zero-order valence-corrected chi connectivity index (χ0v) is 16.1. The Morgan fingerprint density at radius 2 is 1.96 bits per heavy atom. The van der Waals surface area contributed by atoms with E-state index in [2.05, 4.69) is 0 Å². The van der Waals surface area contributed by atoms with Crippen molar-refractivity contribution in [3.8, 4) is 11.5 Å². The van der Waals surface area contributed by atoms with Gasteiger partial charge >= 0.3 is 0 Å². The van der Waals surface area contributed by atoms with E-state index >= 15 is 0 Å². The van der Waals surface area contributed by atoms with Crippen molar-refractivity contribution in [3.05, 3.63) is 23.8 Å². The van der Waals surface area contributed by atoms with Gasteiger partial charge in [-0.3, -0.25) is 4.79 Å². The Labute approximate surface area is 150 Å². The molecule has 1 aromatic rings. The van der Waals surface area contributed by atoms with Crippen LogP contribution in [-0.2, 0) is 21.1 Å². The fourth-order valence-corrected chi connectivity index (χ4v) is 5.08. The molecule has 0 saturated carbocycles. The molecule has 25 heavy (non-hydrogen) atoms. The van der Waals surface area contributed by atoms with Gasteiger partial charge in [-0.1, -0.05) is 13.0 Å². The number of ether oxygens (including phenoxy) is 2. The third-order valence-electron chi connectivity index (χ3n) is 4.68. The average molecular weight is 369 g/mol. The second-order valence-electron chi connectivity index (χ2n) is 6.48. The highest BCUT2D eigenvalue weighted by Gasteiger charge is 2.35. The molecule has 1 heterocycles. The van der Waals surface area contributed by atoms with Crippen LogP contribution in [0.5, 0.6) is 11.5 Å². The maximum atomic E-state index is 12.8.